The molecule has 0 radical (unpaired) electrons. The van der Waals surface area contributed by atoms with Gasteiger partial charge in [0, 0.05) is 5.56 Å². The fourth-order valence-electron chi connectivity index (χ4n) is 3.04. The minimum absolute atomic E-state index is 0.252. The summed E-state index contributed by atoms with van der Waals surface area (Å²) in [7, 11) is 0. The molecule has 0 saturated heterocycles. The maximum Gasteiger partial charge on any atom is 0.268 e. The molecule has 4 rings (SSSR count). The van der Waals surface area contributed by atoms with Crippen molar-refractivity contribution in [1.82, 2.24) is 14.8 Å². The van der Waals surface area contributed by atoms with E-state index < -0.39 is 0 Å². The van der Waals surface area contributed by atoms with Gasteiger partial charge in [0.05, 0.1) is 16.4 Å². The molecule has 0 unspecified atom stereocenters. The Morgan fingerprint density at radius 3 is 2.81 bits per heavy atom. The molecule has 0 saturated carbocycles. The smallest absolute Gasteiger partial charge is 0.268 e. The van der Waals surface area contributed by atoms with Gasteiger partial charge < -0.3 is 4.74 Å². The summed E-state index contributed by atoms with van der Waals surface area (Å²) in [6.07, 6.45) is 1.61. The highest BCUT2D eigenvalue weighted by Gasteiger charge is 2.13. The first-order valence-electron chi connectivity index (χ1n) is 9.69. The van der Waals surface area contributed by atoms with Crippen LogP contribution in [0.25, 0.3) is 0 Å². The van der Waals surface area contributed by atoms with Gasteiger partial charge in [-0.25, -0.2) is 9.67 Å². The van der Waals surface area contributed by atoms with Crippen molar-refractivity contribution < 1.29 is 9.53 Å². The zero-order chi connectivity index (χ0) is 21.8. The lowest BCUT2D eigenvalue weighted by atomic mass is 10.1. The number of hydrogen-bond donors (Lipinski definition) is 1. The Hall–Kier alpha value is -3.16. The monoisotopic (exact) mass is 452 g/mol. The number of thiophene rings is 1. The Morgan fingerprint density at radius 1 is 1.13 bits per heavy atom. The zero-order valence-corrected chi connectivity index (χ0v) is 18.7. The number of nitrogens with one attached hydrogen (secondary N) is 1. The molecule has 1 amide bonds. The average Bonchev–Trinajstić information content (AvgIpc) is 3.38. The van der Waals surface area contributed by atoms with Crippen molar-refractivity contribution in [3.63, 3.8) is 0 Å². The average molecular weight is 453 g/mol. The van der Waals surface area contributed by atoms with Crippen LogP contribution in [0, 0.1) is 13.8 Å². The number of hydrogen-bond acceptors (Lipinski definition) is 5. The predicted molar refractivity (Wildman–Crippen MR) is 123 cm³/mol. The predicted octanol–water partition coefficient (Wildman–Crippen LogP) is 5.49. The van der Waals surface area contributed by atoms with Crippen LogP contribution in [0.2, 0.25) is 5.02 Å². The molecule has 0 aliphatic heterocycles. The summed E-state index contributed by atoms with van der Waals surface area (Å²) in [5.41, 5.74) is 4.28. The minimum Gasteiger partial charge on any atom is -0.487 e. The van der Waals surface area contributed by atoms with Gasteiger partial charge in [0.1, 0.15) is 18.7 Å². The number of amides is 1. The fourth-order valence-corrected chi connectivity index (χ4v) is 4.01. The SMILES string of the molecule is Cc1cccc(Cn2cnc(NC(=O)c3cc(COc4cc(C)ccc4Cl)cs3)n2)c1. The molecule has 6 nitrogen and oxygen atoms in total. The Balaban J connectivity index is 1.35. The summed E-state index contributed by atoms with van der Waals surface area (Å²) >= 11 is 7.51. The highest BCUT2D eigenvalue weighted by molar-refractivity contribution is 7.12. The molecule has 158 valence electrons. The van der Waals surface area contributed by atoms with Gasteiger partial charge in [-0.2, -0.15) is 0 Å². The topological polar surface area (TPSA) is 69.0 Å². The van der Waals surface area contributed by atoms with Crippen LogP contribution in [0.5, 0.6) is 5.75 Å². The summed E-state index contributed by atoms with van der Waals surface area (Å²) in [4.78, 5) is 17.3. The van der Waals surface area contributed by atoms with Crippen molar-refractivity contribution in [3.8, 4) is 5.75 Å². The van der Waals surface area contributed by atoms with Gasteiger partial charge in [-0.3, -0.25) is 10.1 Å². The fraction of sp³-hybridized carbons (Fsp3) is 0.174. The molecule has 2 heterocycles. The van der Waals surface area contributed by atoms with E-state index in [1.807, 2.05) is 55.6 Å². The second-order valence-corrected chi connectivity index (χ2v) is 8.57. The molecular weight excluding hydrogens is 432 g/mol. The van der Waals surface area contributed by atoms with E-state index in [1.54, 1.807) is 17.1 Å². The van der Waals surface area contributed by atoms with E-state index in [-0.39, 0.29) is 11.9 Å². The van der Waals surface area contributed by atoms with Crippen molar-refractivity contribution in [2.24, 2.45) is 0 Å². The molecule has 1 N–H and O–H groups in total. The molecule has 2 aromatic carbocycles. The Morgan fingerprint density at radius 2 is 1.97 bits per heavy atom. The molecule has 4 aromatic rings. The molecule has 0 bridgehead atoms. The number of rotatable bonds is 7. The lowest BCUT2D eigenvalue weighted by Crippen LogP contribution is -2.12. The molecule has 8 heteroatoms. The molecule has 0 aliphatic carbocycles. The van der Waals surface area contributed by atoms with Crippen molar-refractivity contribution in [3.05, 3.63) is 92.4 Å². The van der Waals surface area contributed by atoms with E-state index in [1.165, 1.54) is 16.9 Å². The van der Waals surface area contributed by atoms with Gasteiger partial charge in [0.2, 0.25) is 5.95 Å². The first kappa shape index (κ1) is 21.1. The maximum atomic E-state index is 12.6. The van der Waals surface area contributed by atoms with E-state index in [4.69, 9.17) is 16.3 Å². The van der Waals surface area contributed by atoms with Crippen LogP contribution < -0.4 is 10.1 Å². The number of nitrogens with zero attached hydrogens (tertiary/aromatic N) is 3. The van der Waals surface area contributed by atoms with Crippen LogP contribution in [-0.4, -0.2) is 20.7 Å². The second-order valence-electron chi connectivity index (χ2n) is 7.25. The standard InChI is InChI=1S/C23H21ClN4O2S/c1-15-4-3-5-17(8-15)11-28-14-25-23(27-28)26-22(29)21-10-18(13-31-21)12-30-20-9-16(2)6-7-19(20)24/h3-10,13-14H,11-12H2,1-2H3,(H,26,27,29). The zero-order valence-electron chi connectivity index (χ0n) is 17.1. The maximum absolute atomic E-state index is 12.6. The molecule has 2 aromatic heterocycles. The highest BCUT2D eigenvalue weighted by Crippen LogP contribution is 2.27. The molecule has 0 spiro atoms. The van der Waals surface area contributed by atoms with Crippen molar-refractivity contribution >= 4 is 34.8 Å². The third-order valence-corrected chi connectivity index (χ3v) is 5.84. The first-order chi connectivity index (χ1) is 15.0. The largest absolute Gasteiger partial charge is 0.487 e. The van der Waals surface area contributed by atoms with Crippen LogP contribution >= 0.6 is 22.9 Å². The van der Waals surface area contributed by atoms with E-state index >= 15 is 0 Å². The van der Waals surface area contributed by atoms with Crippen LogP contribution in [0.3, 0.4) is 0 Å². The number of ether oxygens (including phenoxy) is 1. The number of anilines is 1. The normalized spacial score (nSPS) is 10.8. The summed E-state index contributed by atoms with van der Waals surface area (Å²) in [6, 6.07) is 15.6. The van der Waals surface area contributed by atoms with Gasteiger partial charge in [0.15, 0.2) is 0 Å². The van der Waals surface area contributed by atoms with Crippen LogP contribution in [0.15, 0.2) is 60.2 Å². The van der Waals surface area contributed by atoms with Gasteiger partial charge in [0.25, 0.3) is 5.91 Å². The number of halogens is 1. The molecule has 0 atom stereocenters. The highest BCUT2D eigenvalue weighted by atomic mass is 35.5. The Kier molecular flexibility index (Phi) is 6.34. The molecular formula is C23H21ClN4O2S. The summed E-state index contributed by atoms with van der Waals surface area (Å²) in [6.45, 7) is 4.95. The van der Waals surface area contributed by atoms with Crippen molar-refractivity contribution in [2.45, 2.75) is 27.0 Å². The van der Waals surface area contributed by atoms with Gasteiger partial charge in [-0.15, -0.1) is 16.4 Å². The van der Waals surface area contributed by atoms with E-state index in [0.717, 1.165) is 16.7 Å². The van der Waals surface area contributed by atoms with Crippen LogP contribution in [0.1, 0.15) is 31.9 Å². The first-order valence-corrected chi connectivity index (χ1v) is 10.9. The number of carbonyl (C=O) groups is 1. The molecule has 0 aliphatic rings. The number of carbonyl (C=O) groups excluding carboxylic acids is 1. The van der Waals surface area contributed by atoms with Gasteiger partial charge in [-0.1, -0.05) is 47.5 Å². The van der Waals surface area contributed by atoms with Gasteiger partial charge >= 0.3 is 0 Å². The summed E-state index contributed by atoms with van der Waals surface area (Å²) in [5.74, 6) is 0.649. The minimum atomic E-state index is -0.252. The van der Waals surface area contributed by atoms with Crippen LogP contribution in [-0.2, 0) is 13.2 Å². The van der Waals surface area contributed by atoms with Crippen LogP contribution in [0.4, 0.5) is 5.95 Å². The number of benzene rings is 2. The summed E-state index contributed by atoms with van der Waals surface area (Å²) in [5, 5.41) is 9.54. The van der Waals surface area contributed by atoms with E-state index in [9.17, 15) is 4.79 Å². The van der Waals surface area contributed by atoms with E-state index in [0.29, 0.717) is 28.8 Å². The van der Waals surface area contributed by atoms with Crippen molar-refractivity contribution in [2.75, 3.05) is 5.32 Å². The Bertz CT molecular complexity index is 1220. The number of aromatic nitrogens is 3. The third kappa shape index (κ3) is 5.51. The van der Waals surface area contributed by atoms with E-state index in [2.05, 4.69) is 21.5 Å². The summed E-state index contributed by atoms with van der Waals surface area (Å²) < 4.78 is 7.50. The lowest BCUT2D eigenvalue weighted by molar-refractivity contribution is 0.102. The third-order valence-electron chi connectivity index (χ3n) is 4.55. The quantitative estimate of drug-likeness (QED) is 0.402. The molecule has 31 heavy (non-hydrogen) atoms. The number of aryl methyl sites for hydroxylation is 2. The lowest BCUT2D eigenvalue weighted by Gasteiger charge is -2.07. The Labute approximate surface area is 189 Å². The van der Waals surface area contributed by atoms with Crippen molar-refractivity contribution in [1.29, 1.82) is 0 Å². The van der Waals surface area contributed by atoms with Gasteiger partial charge in [-0.05, 0) is 48.6 Å². The second kappa shape index (κ2) is 9.32. The molecule has 0 fully saturated rings.